The minimum absolute atomic E-state index is 0.616. The van der Waals surface area contributed by atoms with E-state index in [0.29, 0.717) is 12.1 Å². The maximum absolute atomic E-state index is 4.61. The molecule has 1 aromatic heterocycles. The van der Waals surface area contributed by atoms with E-state index in [9.17, 15) is 0 Å². The Balaban J connectivity index is 1.56. The fourth-order valence-electron chi connectivity index (χ4n) is 4.02. The first kappa shape index (κ1) is 13.3. The molecule has 21 heavy (non-hydrogen) atoms. The zero-order chi connectivity index (χ0) is 14.2. The molecule has 4 heterocycles. The van der Waals surface area contributed by atoms with Crippen molar-refractivity contribution < 1.29 is 0 Å². The highest BCUT2D eigenvalue weighted by molar-refractivity contribution is 5.67. The summed E-state index contributed by atoms with van der Waals surface area (Å²) in [6.07, 6.45) is 14.2. The van der Waals surface area contributed by atoms with E-state index >= 15 is 0 Å². The number of fused-ring (bicyclic) bond motifs is 2. The molecule has 0 amide bonds. The van der Waals surface area contributed by atoms with Gasteiger partial charge in [0, 0.05) is 43.1 Å². The quantitative estimate of drug-likeness (QED) is 0.836. The second-order valence-electron chi connectivity index (χ2n) is 6.68. The van der Waals surface area contributed by atoms with Crippen LogP contribution in [0.2, 0.25) is 0 Å². The van der Waals surface area contributed by atoms with E-state index in [2.05, 4.69) is 32.9 Å². The highest BCUT2D eigenvalue weighted by Gasteiger charge is 2.31. The van der Waals surface area contributed by atoms with Gasteiger partial charge in [0.15, 0.2) is 0 Å². The van der Waals surface area contributed by atoms with Crippen LogP contribution in [0.5, 0.6) is 0 Å². The standard InChI is InChI=1S/C17H24N4/c1-20-15-5-4-6-16(20)10-13(9-15)14-11-18-17(19-12-14)21-7-2-3-8-21/h9,11-12,15-16H,2-8,10H2,1H3. The molecular formula is C17H24N4. The van der Waals surface area contributed by atoms with Gasteiger partial charge in [-0.1, -0.05) is 12.5 Å². The first-order valence-electron chi connectivity index (χ1n) is 8.31. The minimum atomic E-state index is 0.616. The van der Waals surface area contributed by atoms with Crippen LogP contribution in [0, 0.1) is 0 Å². The van der Waals surface area contributed by atoms with E-state index in [4.69, 9.17) is 0 Å². The fourth-order valence-corrected chi connectivity index (χ4v) is 4.02. The van der Waals surface area contributed by atoms with Gasteiger partial charge < -0.3 is 4.90 Å². The topological polar surface area (TPSA) is 32.3 Å². The summed E-state index contributed by atoms with van der Waals surface area (Å²) >= 11 is 0. The van der Waals surface area contributed by atoms with E-state index in [-0.39, 0.29) is 0 Å². The van der Waals surface area contributed by atoms with Crippen molar-refractivity contribution in [2.24, 2.45) is 0 Å². The zero-order valence-corrected chi connectivity index (χ0v) is 12.8. The lowest BCUT2D eigenvalue weighted by Gasteiger charge is -2.42. The average Bonchev–Trinajstić information content (AvgIpc) is 3.01. The summed E-state index contributed by atoms with van der Waals surface area (Å²) in [5.41, 5.74) is 2.68. The van der Waals surface area contributed by atoms with Crippen LogP contribution in [0.4, 0.5) is 5.95 Å². The summed E-state index contributed by atoms with van der Waals surface area (Å²) in [6, 6.07) is 1.33. The Hall–Kier alpha value is -1.42. The molecule has 2 unspecified atom stereocenters. The molecule has 112 valence electrons. The van der Waals surface area contributed by atoms with Crippen LogP contribution in [0.3, 0.4) is 0 Å². The molecule has 2 saturated heterocycles. The molecule has 2 fully saturated rings. The van der Waals surface area contributed by atoms with E-state index in [1.54, 1.807) is 0 Å². The molecule has 1 aromatic rings. The lowest BCUT2D eigenvalue weighted by Crippen LogP contribution is -2.45. The lowest BCUT2D eigenvalue weighted by atomic mass is 9.84. The average molecular weight is 284 g/mol. The summed E-state index contributed by atoms with van der Waals surface area (Å²) in [4.78, 5) is 14.1. The van der Waals surface area contributed by atoms with E-state index in [0.717, 1.165) is 25.5 Å². The van der Waals surface area contributed by atoms with Crippen LogP contribution in [0.15, 0.2) is 18.5 Å². The Morgan fingerprint density at radius 3 is 2.52 bits per heavy atom. The number of nitrogens with zero attached hydrogens (tertiary/aromatic N) is 4. The molecule has 4 heteroatoms. The van der Waals surface area contributed by atoms with Gasteiger partial charge in [-0.25, -0.2) is 9.97 Å². The smallest absolute Gasteiger partial charge is 0.225 e. The molecule has 0 saturated carbocycles. The molecule has 0 aromatic carbocycles. The van der Waals surface area contributed by atoms with Gasteiger partial charge in [0.05, 0.1) is 0 Å². The van der Waals surface area contributed by atoms with Crippen LogP contribution in [-0.2, 0) is 0 Å². The SMILES string of the molecule is CN1C2C=C(c3cnc(N4CCCC4)nc3)CC1CCC2. The van der Waals surface area contributed by atoms with Gasteiger partial charge in [0.1, 0.15) is 0 Å². The monoisotopic (exact) mass is 284 g/mol. The predicted molar refractivity (Wildman–Crippen MR) is 85.3 cm³/mol. The van der Waals surface area contributed by atoms with Crippen molar-refractivity contribution >= 4 is 11.5 Å². The van der Waals surface area contributed by atoms with Crippen LogP contribution < -0.4 is 4.90 Å². The third-order valence-electron chi connectivity index (χ3n) is 5.38. The van der Waals surface area contributed by atoms with Crippen molar-refractivity contribution in [1.29, 1.82) is 0 Å². The number of hydrogen-bond acceptors (Lipinski definition) is 4. The van der Waals surface area contributed by atoms with Gasteiger partial charge in [-0.15, -0.1) is 0 Å². The second kappa shape index (κ2) is 5.41. The van der Waals surface area contributed by atoms with E-state index in [1.165, 1.54) is 43.2 Å². The summed E-state index contributed by atoms with van der Waals surface area (Å²) < 4.78 is 0. The van der Waals surface area contributed by atoms with Gasteiger partial charge >= 0.3 is 0 Å². The lowest BCUT2D eigenvalue weighted by molar-refractivity contribution is 0.137. The van der Waals surface area contributed by atoms with Gasteiger partial charge in [0.2, 0.25) is 5.95 Å². The van der Waals surface area contributed by atoms with Crippen LogP contribution in [-0.4, -0.2) is 47.1 Å². The molecule has 0 radical (unpaired) electrons. The Labute approximate surface area is 126 Å². The number of anilines is 1. The summed E-state index contributed by atoms with van der Waals surface area (Å²) in [7, 11) is 2.27. The number of rotatable bonds is 2. The molecular weight excluding hydrogens is 260 g/mol. The molecule has 2 bridgehead atoms. The van der Waals surface area contributed by atoms with Crippen LogP contribution >= 0.6 is 0 Å². The van der Waals surface area contributed by atoms with Crippen molar-refractivity contribution in [3.05, 3.63) is 24.0 Å². The fraction of sp³-hybridized carbons (Fsp3) is 0.647. The van der Waals surface area contributed by atoms with Crippen molar-refractivity contribution in [3.8, 4) is 0 Å². The number of aromatic nitrogens is 2. The van der Waals surface area contributed by atoms with E-state index < -0.39 is 0 Å². The van der Waals surface area contributed by atoms with Gasteiger partial charge in [-0.3, -0.25) is 4.90 Å². The number of piperidine rings is 1. The predicted octanol–water partition coefficient (Wildman–Crippen LogP) is 2.72. The van der Waals surface area contributed by atoms with Crippen molar-refractivity contribution in [2.45, 2.75) is 50.6 Å². The molecule has 0 aliphatic carbocycles. The summed E-state index contributed by atoms with van der Waals surface area (Å²) in [5, 5.41) is 0. The molecule has 0 N–H and O–H groups in total. The molecule has 0 spiro atoms. The first-order chi connectivity index (χ1) is 10.3. The third-order valence-corrected chi connectivity index (χ3v) is 5.38. The Kier molecular flexibility index (Phi) is 3.42. The number of likely N-dealkylation sites (N-methyl/N-ethyl adjacent to an activating group) is 1. The molecule has 4 rings (SSSR count). The summed E-state index contributed by atoms with van der Waals surface area (Å²) in [5.74, 6) is 0.907. The third kappa shape index (κ3) is 2.46. The normalized spacial score (nSPS) is 29.6. The van der Waals surface area contributed by atoms with Gasteiger partial charge in [-0.2, -0.15) is 0 Å². The molecule has 3 aliphatic heterocycles. The van der Waals surface area contributed by atoms with Crippen molar-refractivity contribution in [1.82, 2.24) is 14.9 Å². The van der Waals surface area contributed by atoms with Crippen LogP contribution in [0.25, 0.3) is 5.57 Å². The van der Waals surface area contributed by atoms with E-state index in [1.807, 2.05) is 12.4 Å². The number of hydrogen-bond donors (Lipinski definition) is 0. The van der Waals surface area contributed by atoms with Crippen molar-refractivity contribution in [3.63, 3.8) is 0 Å². The Bertz CT molecular complexity index is 530. The van der Waals surface area contributed by atoms with Crippen molar-refractivity contribution in [2.75, 3.05) is 25.0 Å². The molecule has 3 aliphatic rings. The first-order valence-corrected chi connectivity index (χ1v) is 8.31. The van der Waals surface area contributed by atoms with Gasteiger partial charge in [0.25, 0.3) is 0 Å². The van der Waals surface area contributed by atoms with Gasteiger partial charge in [-0.05, 0) is 44.7 Å². The molecule has 4 nitrogen and oxygen atoms in total. The Morgan fingerprint density at radius 2 is 1.81 bits per heavy atom. The largest absolute Gasteiger partial charge is 0.341 e. The molecule has 2 atom stereocenters. The maximum atomic E-state index is 4.61. The summed E-state index contributed by atoms with van der Waals surface area (Å²) in [6.45, 7) is 2.22. The maximum Gasteiger partial charge on any atom is 0.225 e. The zero-order valence-electron chi connectivity index (χ0n) is 12.8. The highest BCUT2D eigenvalue weighted by atomic mass is 15.3. The Morgan fingerprint density at radius 1 is 1.05 bits per heavy atom. The van der Waals surface area contributed by atoms with Crippen LogP contribution in [0.1, 0.15) is 44.1 Å². The highest BCUT2D eigenvalue weighted by Crippen LogP contribution is 2.35. The second-order valence-corrected chi connectivity index (χ2v) is 6.68. The minimum Gasteiger partial charge on any atom is -0.341 e.